The summed E-state index contributed by atoms with van der Waals surface area (Å²) in [6.45, 7) is -0.441. The van der Waals surface area contributed by atoms with Crippen LogP contribution in [0.25, 0.3) is 0 Å². The molecule has 1 aromatic rings. The Morgan fingerprint density at radius 2 is 1.86 bits per heavy atom. The van der Waals surface area contributed by atoms with E-state index in [0.29, 0.717) is 6.07 Å². The molecule has 0 spiro atoms. The molecule has 0 aliphatic heterocycles. The van der Waals surface area contributed by atoms with E-state index in [1.165, 1.54) is 0 Å². The van der Waals surface area contributed by atoms with E-state index in [0.717, 1.165) is 0 Å². The molecule has 14 heavy (non-hydrogen) atoms. The molecule has 0 unspecified atom stereocenters. The Kier molecular flexibility index (Phi) is 2.70. The first-order valence-electron chi connectivity index (χ1n) is 3.49. The average molecular weight is 206 g/mol. The molecule has 0 bridgehead atoms. The van der Waals surface area contributed by atoms with Crippen molar-refractivity contribution in [3.63, 3.8) is 0 Å². The zero-order chi connectivity index (χ0) is 10.9. The monoisotopic (exact) mass is 206 g/mol. The van der Waals surface area contributed by atoms with E-state index in [2.05, 4.69) is 0 Å². The fraction of sp³-hybridized carbons (Fsp3) is 0.143. The Morgan fingerprint density at radius 1 is 1.29 bits per heavy atom. The van der Waals surface area contributed by atoms with E-state index in [4.69, 9.17) is 5.73 Å². The van der Waals surface area contributed by atoms with Crippen molar-refractivity contribution in [3.05, 3.63) is 39.2 Å². The summed E-state index contributed by atoms with van der Waals surface area (Å²) in [5.74, 6) is -5.18. The van der Waals surface area contributed by atoms with Gasteiger partial charge in [0.05, 0.1) is 4.92 Å². The first-order valence-corrected chi connectivity index (χ1v) is 3.49. The average Bonchev–Trinajstić information content (AvgIpc) is 2.14. The van der Waals surface area contributed by atoms with Crippen LogP contribution in [0.5, 0.6) is 0 Å². The number of nitro benzene ring substituents is 1. The van der Waals surface area contributed by atoms with Gasteiger partial charge in [0.25, 0.3) is 0 Å². The first kappa shape index (κ1) is 10.5. The number of benzene rings is 1. The minimum Gasteiger partial charge on any atom is -0.326 e. The number of hydrogen-bond donors (Lipinski definition) is 1. The minimum atomic E-state index is -1.88. The molecule has 0 aromatic heterocycles. The smallest absolute Gasteiger partial charge is 0.308 e. The molecule has 0 amide bonds. The van der Waals surface area contributed by atoms with Crippen molar-refractivity contribution < 1.29 is 18.1 Å². The summed E-state index contributed by atoms with van der Waals surface area (Å²) in [7, 11) is 0. The zero-order valence-corrected chi connectivity index (χ0v) is 6.76. The summed E-state index contributed by atoms with van der Waals surface area (Å²) >= 11 is 0. The van der Waals surface area contributed by atoms with Gasteiger partial charge in [0, 0.05) is 18.2 Å². The predicted octanol–water partition coefficient (Wildman–Crippen LogP) is 1.47. The van der Waals surface area contributed by atoms with Gasteiger partial charge in [0.15, 0.2) is 5.82 Å². The van der Waals surface area contributed by atoms with Crippen LogP contribution in [0.15, 0.2) is 6.07 Å². The summed E-state index contributed by atoms with van der Waals surface area (Å²) in [4.78, 5) is 9.05. The van der Waals surface area contributed by atoms with Crippen LogP contribution >= 0.6 is 0 Å². The van der Waals surface area contributed by atoms with Crippen LogP contribution in [0.4, 0.5) is 18.9 Å². The molecule has 76 valence electrons. The molecule has 0 heterocycles. The molecule has 1 rings (SSSR count). The lowest BCUT2D eigenvalue weighted by atomic mass is 10.1. The molecular weight excluding hydrogens is 201 g/mol. The molecule has 2 N–H and O–H groups in total. The van der Waals surface area contributed by atoms with Gasteiger partial charge >= 0.3 is 5.69 Å². The molecule has 0 fully saturated rings. The fourth-order valence-electron chi connectivity index (χ4n) is 0.923. The van der Waals surface area contributed by atoms with Crippen molar-refractivity contribution >= 4 is 5.69 Å². The van der Waals surface area contributed by atoms with Crippen molar-refractivity contribution in [1.29, 1.82) is 0 Å². The topological polar surface area (TPSA) is 69.2 Å². The van der Waals surface area contributed by atoms with E-state index in [1.807, 2.05) is 0 Å². The number of halogens is 3. The maximum absolute atomic E-state index is 12.8. The third kappa shape index (κ3) is 1.53. The number of nitrogens with two attached hydrogens (primary N) is 1. The summed E-state index contributed by atoms with van der Waals surface area (Å²) in [6.07, 6.45) is 0. The second-order valence-electron chi connectivity index (χ2n) is 2.46. The molecular formula is C7H5F3N2O2. The standard InChI is InChI=1S/C7H5F3N2O2/c8-5-3(2-11)1-4(12(13)14)6(9)7(5)10/h1H,2,11H2. The highest BCUT2D eigenvalue weighted by Crippen LogP contribution is 2.24. The lowest BCUT2D eigenvalue weighted by Gasteiger charge is -2.02. The fourth-order valence-corrected chi connectivity index (χ4v) is 0.923. The van der Waals surface area contributed by atoms with Gasteiger partial charge in [-0.1, -0.05) is 0 Å². The molecule has 0 aliphatic rings. The molecule has 1 aromatic carbocycles. The summed E-state index contributed by atoms with van der Waals surface area (Å²) in [5.41, 5.74) is 3.43. The Bertz CT molecular complexity index is 395. The Labute approximate surface area is 76.3 Å². The predicted molar refractivity (Wildman–Crippen MR) is 40.9 cm³/mol. The Balaban J connectivity index is 3.48. The molecule has 7 heteroatoms. The highest BCUT2D eigenvalue weighted by atomic mass is 19.2. The SMILES string of the molecule is NCc1cc([N+](=O)[O-])c(F)c(F)c1F. The van der Waals surface area contributed by atoms with E-state index in [1.54, 1.807) is 0 Å². The molecule has 0 radical (unpaired) electrons. The minimum absolute atomic E-state index is 0.435. The summed E-state index contributed by atoms with van der Waals surface area (Å²) in [5, 5.41) is 10.2. The second-order valence-corrected chi connectivity index (χ2v) is 2.46. The van der Waals surface area contributed by atoms with Gasteiger partial charge in [0.1, 0.15) is 0 Å². The maximum Gasteiger partial charge on any atom is 0.308 e. The molecule has 4 nitrogen and oxygen atoms in total. The van der Waals surface area contributed by atoms with Gasteiger partial charge in [0.2, 0.25) is 11.6 Å². The second kappa shape index (κ2) is 3.62. The number of hydrogen-bond acceptors (Lipinski definition) is 3. The summed E-state index contributed by atoms with van der Waals surface area (Å²) < 4.78 is 38.2. The van der Waals surface area contributed by atoms with Gasteiger partial charge in [-0.3, -0.25) is 10.1 Å². The van der Waals surface area contributed by atoms with Crippen molar-refractivity contribution in [2.75, 3.05) is 0 Å². The lowest BCUT2D eigenvalue weighted by molar-refractivity contribution is -0.387. The third-order valence-electron chi connectivity index (χ3n) is 1.62. The molecule has 0 atom stereocenters. The number of nitrogens with zero attached hydrogens (tertiary/aromatic N) is 1. The number of nitro groups is 1. The molecule has 0 saturated heterocycles. The zero-order valence-electron chi connectivity index (χ0n) is 6.76. The van der Waals surface area contributed by atoms with Crippen molar-refractivity contribution in [3.8, 4) is 0 Å². The highest BCUT2D eigenvalue weighted by Gasteiger charge is 2.24. The van der Waals surface area contributed by atoms with E-state index < -0.39 is 40.2 Å². The van der Waals surface area contributed by atoms with Crippen molar-refractivity contribution in [2.24, 2.45) is 5.73 Å². The summed E-state index contributed by atoms with van der Waals surface area (Å²) in [6, 6.07) is 0.577. The van der Waals surface area contributed by atoms with Gasteiger partial charge < -0.3 is 5.73 Å². The maximum atomic E-state index is 12.8. The quantitative estimate of drug-likeness (QED) is 0.452. The van der Waals surface area contributed by atoms with Crippen LogP contribution < -0.4 is 5.73 Å². The highest BCUT2D eigenvalue weighted by molar-refractivity contribution is 5.38. The molecule has 0 aliphatic carbocycles. The van der Waals surface area contributed by atoms with Gasteiger partial charge in [-0.2, -0.15) is 4.39 Å². The largest absolute Gasteiger partial charge is 0.326 e. The van der Waals surface area contributed by atoms with Crippen LogP contribution in [0.3, 0.4) is 0 Å². The normalized spacial score (nSPS) is 10.3. The van der Waals surface area contributed by atoms with Crippen molar-refractivity contribution in [1.82, 2.24) is 0 Å². The van der Waals surface area contributed by atoms with Gasteiger partial charge in [-0.15, -0.1) is 0 Å². The van der Waals surface area contributed by atoms with Crippen LogP contribution in [-0.2, 0) is 6.54 Å². The van der Waals surface area contributed by atoms with Crippen LogP contribution in [0.1, 0.15) is 5.56 Å². The van der Waals surface area contributed by atoms with E-state index in [-0.39, 0.29) is 0 Å². The van der Waals surface area contributed by atoms with Crippen LogP contribution in [-0.4, -0.2) is 4.92 Å². The van der Waals surface area contributed by atoms with Crippen LogP contribution in [0.2, 0.25) is 0 Å². The Morgan fingerprint density at radius 3 is 2.29 bits per heavy atom. The lowest BCUT2D eigenvalue weighted by Crippen LogP contribution is -2.06. The van der Waals surface area contributed by atoms with E-state index >= 15 is 0 Å². The number of rotatable bonds is 2. The van der Waals surface area contributed by atoms with Gasteiger partial charge in [-0.05, 0) is 0 Å². The first-order chi connectivity index (χ1) is 6.49. The van der Waals surface area contributed by atoms with Crippen molar-refractivity contribution in [2.45, 2.75) is 6.54 Å². The third-order valence-corrected chi connectivity index (χ3v) is 1.62. The molecule has 0 saturated carbocycles. The van der Waals surface area contributed by atoms with Gasteiger partial charge in [-0.25, -0.2) is 8.78 Å². The van der Waals surface area contributed by atoms with Crippen LogP contribution in [0, 0.1) is 27.6 Å². The van der Waals surface area contributed by atoms with E-state index in [9.17, 15) is 23.3 Å². The Hall–Kier alpha value is -1.63.